The molecule has 0 aliphatic carbocycles. The first-order valence-electron chi connectivity index (χ1n) is 7.82. The van der Waals surface area contributed by atoms with E-state index in [1.165, 1.54) is 17.6 Å². The maximum Gasteiger partial charge on any atom is 0.185 e. The maximum absolute atomic E-state index is 7.65. The average Bonchev–Trinajstić information content (AvgIpc) is 3.43. The first kappa shape index (κ1) is 16.7. The fraction of sp³-hybridized carbons (Fsp3) is 0. The first-order valence-corrected chi connectivity index (χ1v) is 8.76. The van der Waals surface area contributed by atoms with Crippen LogP contribution in [0.2, 0.25) is 0 Å². The highest BCUT2D eigenvalue weighted by atomic mass is 32.1. The van der Waals surface area contributed by atoms with Crippen molar-refractivity contribution in [3.05, 3.63) is 45.7 Å². The van der Waals surface area contributed by atoms with Crippen LogP contribution in [0.3, 0.4) is 0 Å². The zero-order chi connectivity index (χ0) is 19.0. The molecule has 0 amide bonds. The number of imidazole rings is 1. The van der Waals surface area contributed by atoms with Crippen molar-refractivity contribution in [2.75, 3.05) is 0 Å². The zero-order valence-electron chi connectivity index (χ0n) is 13.8. The van der Waals surface area contributed by atoms with Crippen molar-refractivity contribution in [1.82, 2.24) is 15.1 Å². The molecule has 5 N–H and O–H groups in total. The minimum Gasteiger partial charge on any atom is -0.354 e. The van der Waals surface area contributed by atoms with Crippen LogP contribution >= 0.6 is 11.3 Å². The monoisotopic (exact) mass is 375 g/mol. The number of fused-ring (bicyclic) bond motifs is 1. The lowest BCUT2D eigenvalue weighted by Crippen LogP contribution is -1.91. The number of benzene rings is 1. The summed E-state index contributed by atoms with van der Waals surface area (Å²) in [7, 11) is 0. The van der Waals surface area contributed by atoms with E-state index in [0.29, 0.717) is 33.7 Å². The second kappa shape index (κ2) is 6.54. The summed E-state index contributed by atoms with van der Waals surface area (Å²) in [6.45, 7) is 0. The number of rotatable bonds is 6. The summed E-state index contributed by atoms with van der Waals surface area (Å²) in [5, 5.41) is 38.0. The van der Waals surface area contributed by atoms with E-state index in [-0.39, 0.29) is 5.76 Å². The van der Waals surface area contributed by atoms with Crippen LogP contribution in [0.5, 0.6) is 0 Å². The lowest BCUT2D eigenvalue weighted by Gasteiger charge is -2.07. The van der Waals surface area contributed by atoms with Gasteiger partial charge in [-0.25, -0.2) is 4.98 Å². The molecule has 0 saturated carbocycles. The summed E-state index contributed by atoms with van der Waals surface area (Å²) in [5.74, 6) is 0.670. The average molecular weight is 375 g/mol. The molecule has 8 nitrogen and oxygen atoms in total. The molecule has 4 aromatic rings. The van der Waals surface area contributed by atoms with Gasteiger partial charge in [-0.3, -0.25) is 0 Å². The number of aromatic amines is 1. The molecule has 0 unspecified atom stereocenters. The van der Waals surface area contributed by atoms with Crippen molar-refractivity contribution >= 4 is 47.2 Å². The van der Waals surface area contributed by atoms with Gasteiger partial charge in [-0.2, -0.15) is 11.3 Å². The van der Waals surface area contributed by atoms with Crippen molar-refractivity contribution in [2.24, 2.45) is 0 Å². The number of hydrogen-bond donors (Lipinski definition) is 5. The van der Waals surface area contributed by atoms with Crippen LogP contribution in [0.1, 0.15) is 22.8 Å². The van der Waals surface area contributed by atoms with E-state index < -0.39 is 0 Å². The van der Waals surface area contributed by atoms with Gasteiger partial charge in [0.05, 0.1) is 29.0 Å². The van der Waals surface area contributed by atoms with Crippen LogP contribution < -0.4 is 0 Å². The van der Waals surface area contributed by atoms with Gasteiger partial charge in [0.1, 0.15) is 11.5 Å². The minimum absolute atomic E-state index is 0.253. The molecule has 0 fully saturated rings. The third-order valence-electron chi connectivity index (χ3n) is 4.18. The van der Waals surface area contributed by atoms with E-state index in [1.54, 1.807) is 0 Å². The van der Waals surface area contributed by atoms with Gasteiger partial charge in [-0.05, 0) is 23.1 Å². The lowest BCUT2D eigenvalue weighted by atomic mass is 9.96. The van der Waals surface area contributed by atoms with Gasteiger partial charge in [0.15, 0.2) is 5.76 Å². The molecule has 0 saturated heterocycles. The highest BCUT2D eigenvalue weighted by Gasteiger charge is 2.20. The molecule has 4 rings (SSSR count). The molecule has 1 aromatic carbocycles. The van der Waals surface area contributed by atoms with Crippen LogP contribution in [0.15, 0.2) is 27.4 Å². The fourth-order valence-corrected chi connectivity index (χ4v) is 3.80. The number of H-pyrrole nitrogens is 1. The third-order valence-corrected chi connectivity index (χ3v) is 4.94. The Bertz CT molecular complexity index is 1190. The minimum atomic E-state index is 0.253. The highest BCUT2D eigenvalue weighted by Crippen LogP contribution is 2.37. The van der Waals surface area contributed by atoms with Gasteiger partial charge in [0.25, 0.3) is 0 Å². The van der Waals surface area contributed by atoms with Crippen LogP contribution in [0.4, 0.5) is 0 Å². The predicted octanol–water partition coefficient (Wildman–Crippen LogP) is 3.94. The van der Waals surface area contributed by atoms with Gasteiger partial charge in [-0.1, -0.05) is 5.16 Å². The summed E-state index contributed by atoms with van der Waals surface area (Å²) in [5.41, 5.74) is 5.37. The van der Waals surface area contributed by atoms with Gasteiger partial charge in [-0.15, -0.1) is 0 Å². The maximum atomic E-state index is 7.65. The molecule has 0 spiro atoms. The van der Waals surface area contributed by atoms with E-state index in [0.717, 1.165) is 35.3 Å². The second-order valence-corrected chi connectivity index (χ2v) is 6.41. The standard InChI is InChI=1S/C18H13N7OS/c19-3-10-7-27-8-12(10)11-1-9(2-13-18(11)24-16(6-22)23-13)17-14(4-20)25-26-15(17)5-21/h1-8,19-22H,(H,23,24). The fourth-order valence-electron chi connectivity index (χ4n) is 3.00. The molecule has 3 aromatic heterocycles. The molecule has 0 aliphatic heterocycles. The van der Waals surface area contributed by atoms with Crippen molar-refractivity contribution in [1.29, 1.82) is 21.6 Å². The number of aromatic nitrogens is 3. The molecular weight excluding hydrogens is 362 g/mol. The zero-order valence-corrected chi connectivity index (χ0v) is 14.6. The molecule has 0 atom stereocenters. The van der Waals surface area contributed by atoms with Crippen molar-refractivity contribution in [3.63, 3.8) is 0 Å². The summed E-state index contributed by atoms with van der Waals surface area (Å²) >= 11 is 1.49. The van der Waals surface area contributed by atoms with E-state index in [4.69, 9.17) is 26.2 Å². The predicted molar refractivity (Wildman–Crippen MR) is 106 cm³/mol. The van der Waals surface area contributed by atoms with E-state index >= 15 is 0 Å². The Morgan fingerprint density at radius 3 is 2.52 bits per heavy atom. The SMILES string of the molecule is N=Cc1nc2c(-c3cscc3C=N)cc(-c3c(C=N)noc3C=N)cc2[nH]1. The Kier molecular flexibility index (Phi) is 4.05. The van der Waals surface area contributed by atoms with Crippen LogP contribution in [0.25, 0.3) is 33.3 Å². The second-order valence-electron chi connectivity index (χ2n) is 5.67. The summed E-state index contributed by atoms with van der Waals surface area (Å²) in [4.78, 5) is 7.56. The Hall–Kier alpha value is -3.72. The van der Waals surface area contributed by atoms with Crippen molar-refractivity contribution < 1.29 is 4.52 Å². The normalized spacial score (nSPS) is 10.8. The Morgan fingerprint density at radius 1 is 0.963 bits per heavy atom. The highest BCUT2D eigenvalue weighted by molar-refractivity contribution is 7.08. The molecule has 9 heteroatoms. The Morgan fingerprint density at radius 2 is 1.81 bits per heavy atom. The molecule has 0 aliphatic rings. The topological polar surface area (TPSA) is 150 Å². The molecule has 132 valence electrons. The number of nitrogens with one attached hydrogen (secondary N) is 5. The van der Waals surface area contributed by atoms with Gasteiger partial charge < -0.3 is 31.1 Å². The third kappa shape index (κ3) is 2.61. The largest absolute Gasteiger partial charge is 0.354 e. The molecule has 3 heterocycles. The van der Waals surface area contributed by atoms with E-state index in [9.17, 15) is 0 Å². The molecule has 0 radical (unpaired) electrons. The van der Waals surface area contributed by atoms with Gasteiger partial charge in [0.2, 0.25) is 0 Å². The van der Waals surface area contributed by atoms with Crippen molar-refractivity contribution in [2.45, 2.75) is 0 Å². The summed E-state index contributed by atoms with van der Waals surface area (Å²) in [6, 6.07) is 3.72. The molecule has 0 bridgehead atoms. The van der Waals surface area contributed by atoms with Crippen LogP contribution in [-0.4, -0.2) is 40.0 Å². The molecule has 27 heavy (non-hydrogen) atoms. The Balaban J connectivity index is 2.09. The smallest absolute Gasteiger partial charge is 0.185 e. The van der Waals surface area contributed by atoms with Crippen LogP contribution in [0, 0.1) is 21.6 Å². The quantitative estimate of drug-likeness (QED) is 0.325. The van der Waals surface area contributed by atoms with E-state index in [2.05, 4.69) is 15.1 Å². The summed E-state index contributed by atoms with van der Waals surface area (Å²) < 4.78 is 5.16. The number of thiophene rings is 1. The number of hydrogen-bond acceptors (Lipinski definition) is 8. The van der Waals surface area contributed by atoms with Gasteiger partial charge >= 0.3 is 0 Å². The van der Waals surface area contributed by atoms with Gasteiger partial charge in [0, 0.05) is 34.5 Å². The summed E-state index contributed by atoms with van der Waals surface area (Å²) in [6.07, 6.45) is 4.57. The van der Waals surface area contributed by atoms with E-state index in [1.807, 2.05) is 22.9 Å². The lowest BCUT2D eigenvalue weighted by molar-refractivity contribution is 0.414. The Labute approximate surface area is 156 Å². The molecular formula is C18H13N7OS. The van der Waals surface area contributed by atoms with Crippen molar-refractivity contribution in [3.8, 4) is 22.3 Å². The van der Waals surface area contributed by atoms with Crippen LogP contribution in [-0.2, 0) is 0 Å². The number of nitrogens with zero attached hydrogens (tertiary/aromatic N) is 2. The first-order chi connectivity index (χ1) is 13.2.